The van der Waals surface area contributed by atoms with Gasteiger partial charge in [0.05, 0.1) is 0 Å². The number of hydrogen-bond donors (Lipinski definition) is 2. The van der Waals surface area contributed by atoms with Gasteiger partial charge in [-0.05, 0) is 30.2 Å². The van der Waals surface area contributed by atoms with E-state index in [1.54, 1.807) is 0 Å². The van der Waals surface area contributed by atoms with Crippen LogP contribution in [0.4, 0.5) is 11.4 Å². The van der Waals surface area contributed by atoms with E-state index in [2.05, 4.69) is 22.8 Å². The van der Waals surface area contributed by atoms with Crippen molar-refractivity contribution in [3.63, 3.8) is 0 Å². The molecule has 0 saturated heterocycles. The molecule has 1 amide bonds. The van der Waals surface area contributed by atoms with Crippen LogP contribution in [0.2, 0.25) is 0 Å². The molecule has 2 aromatic rings. The average molecular weight is 254 g/mol. The van der Waals surface area contributed by atoms with Gasteiger partial charge in [0.15, 0.2) is 0 Å². The largest absolute Gasteiger partial charge is 0.381 e. The Labute approximate surface area is 113 Å². The molecule has 2 rings (SSSR count). The number of hydrogen-bond acceptors (Lipinski definition) is 2. The molecule has 0 spiro atoms. The lowest BCUT2D eigenvalue weighted by Gasteiger charge is -2.12. The van der Waals surface area contributed by atoms with Gasteiger partial charge in [-0.25, -0.2) is 0 Å². The number of nitrogens with one attached hydrogen (secondary N) is 2. The Balaban J connectivity index is 2.08. The van der Waals surface area contributed by atoms with Crippen molar-refractivity contribution in [2.45, 2.75) is 20.4 Å². The molecule has 0 radical (unpaired) electrons. The number of amides is 1. The maximum atomic E-state index is 11.1. The van der Waals surface area contributed by atoms with E-state index >= 15 is 0 Å². The third-order valence-electron chi connectivity index (χ3n) is 2.88. The van der Waals surface area contributed by atoms with Gasteiger partial charge in [-0.1, -0.05) is 36.4 Å². The van der Waals surface area contributed by atoms with Crippen molar-refractivity contribution in [3.05, 3.63) is 59.7 Å². The lowest BCUT2D eigenvalue weighted by molar-refractivity contribution is -0.114. The van der Waals surface area contributed by atoms with Gasteiger partial charge in [0.1, 0.15) is 0 Å². The number of benzene rings is 2. The highest BCUT2D eigenvalue weighted by Crippen LogP contribution is 2.21. The van der Waals surface area contributed by atoms with Gasteiger partial charge in [0.2, 0.25) is 5.91 Å². The molecule has 0 fully saturated rings. The summed E-state index contributed by atoms with van der Waals surface area (Å²) in [6.45, 7) is 4.33. The summed E-state index contributed by atoms with van der Waals surface area (Å²) in [4.78, 5) is 11.1. The van der Waals surface area contributed by atoms with Crippen molar-refractivity contribution in [3.8, 4) is 0 Å². The maximum absolute atomic E-state index is 11.1. The van der Waals surface area contributed by atoms with E-state index in [-0.39, 0.29) is 5.91 Å². The fraction of sp³-hybridized carbons (Fsp3) is 0.188. The zero-order chi connectivity index (χ0) is 13.7. The van der Waals surface area contributed by atoms with E-state index in [1.165, 1.54) is 12.5 Å². The molecule has 0 aromatic heterocycles. The average Bonchev–Trinajstić information content (AvgIpc) is 2.40. The van der Waals surface area contributed by atoms with Crippen LogP contribution in [-0.2, 0) is 11.3 Å². The lowest BCUT2D eigenvalue weighted by atomic mass is 10.1. The number of carbonyl (C=O) groups is 1. The molecule has 0 bridgehead atoms. The molecule has 0 aliphatic rings. The van der Waals surface area contributed by atoms with E-state index in [4.69, 9.17) is 0 Å². The Bertz CT molecular complexity index is 564. The van der Waals surface area contributed by atoms with Gasteiger partial charge >= 0.3 is 0 Å². The van der Waals surface area contributed by atoms with Crippen LogP contribution in [0.25, 0.3) is 0 Å². The Morgan fingerprint density at radius 2 is 1.84 bits per heavy atom. The van der Waals surface area contributed by atoms with Crippen molar-refractivity contribution < 1.29 is 4.79 Å². The zero-order valence-corrected chi connectivity index (χ0v) is 11.2. The minimum absolute atomic E-state index is 0.0575. The standard InChI is InChI=1S/C16H18N2O/c1-12-8-9-15(18-13(2)19)10-16(12)17-11-14-6-4-3-5-7-14/h3-10,17H,11H2,1-2H3,(H,18,19). The van der Waals surface area contributed by atoms with E-state index in [0.29, 0.717) is 0 Å². The highest BCUT2D eigenvalue weighted by molar-refractivity contribution is 5.89. The van der Waals surface area contributed by atoms with Crippen LogP contribution in [0.5, 0.6) is 0 Å². The van der Waals surface area contributed by atoms with Crippen LogP contribution in [0.3, 0.4) is 0 Å². The van der Waals surface area contributed by atoms with Gasteiger partial charge in [-0.15, -0.1) is 0 Å². The summed E-state index contributed by atoms with van der Waals surface area (Å²) in [6.07, 6.45) is 0. The number of carbonyl (C=O) groups excluding carboxylic acids is 1. The minimum Gasteiger partial charge on any atom is -0.381 e. The first kappa shape index (κ1) is 13.1. The van der Waals surface area contributed by atoms with E-state index < -0.39 is 0 Å². The third kappa shape index (κ3) is 3.85. The summed E-state index contributed by atoms with van der Waals surface area (Å²) in [5.41, 5.74) is 4.24. The topological polar surface area (TPSA) is 41.1 Å². The zero-order valence-electron chi connectivity index (χ0n) is 11.2. The predicted octanol–water partition coefficient (Wildman–Crippen LogP) is 3.57. The van der Waals surface area contributed by atoms with Gasteiger partial charge in [0, 0.05) is 24.8 Å². The van der Waals surface area contributed by atoms with Crippen molar-refractivity contribution in [1.82, 2.24) is 0 Å². The summed E-state index contributed by atoms with van der Waals surface area (Å²) in [5, 5.41) is 6.18. The summed E-state index contributed by atoms with van der Waals surface area (Å²) in [5.74, 6) is -0.0575. The monoisotopic (exact) mass is 254 g/mol. The highest BCUT2D eigenvalue weighted by atomic mass is 16.1. The lowest BCUT2D eigenvalue weighted by Crippen LogP contribution is -2.07. The van der Waals surface area contributed by atoms with Crippen LogP contribution in [0.1, 0.15) is 18.1 Å². The minimum atomic E-state index is -0.0575. The normalized spacial score (nSPS) is 10.0. The van der Waals surface area contributed by atoms with Gasteiger partial charge in [-0.2, -0.15) is 0 Å². The predicted molar refractivity (Wildman–Crippen MR) is 79.3 cm³/mol. The molecule has 0 heterocycles. The number of rotatable bonds is 4. The van der Waals surface area contributed by atoms with Crippen molar-refractivity contribution in [1.29, 1.82) is 0 Å². The van der Waals surface area contributed by atoms with Crippen LogP contribution < -0.4 is 10.6 Å². The van der Waals surface area contributed by atoms with Crippen LogP contribution in [0, 0.1) is 6.92 Å². The smallest absolute Gasteiger partial charge is 0.221 e. The first-order chi connectivity index (χ1) is 9.15. The van der Waals surface area contributed by atoms with Crippen LogP contribution in [0.15, 0.2) is 48.5 Å². The second-order valence-corrected chi connectivity index (χ2v) is 4.55. The van der Waals surface area contributed by atoms with Gasteiger partial charge < -0.3 is 10.6 Å². The molecule has 2 N–H and O–H groups in total. The summed E-state index contributed by atoms with van der Waals surface area (Å²) < 4.78 is 0. The number of aryl methyl sites for hydroxylation is 1. The molecule has 0 aliphatic heterocycles. The molecular formula is C16H18N2O. The van der Waals surface area contributed by atoms with Crippen molar-refractivity contribution >= 4 is 17.3 Å². The number of anilines is 2. The first-order valence-corrected chi connectivity index (χ1v) is 6.31. The molecule has 2 aromatic carbocycles. The molecular weight excluding hydrogens is 236 g/mol. The Kier molecular flexibility index (Phi) is 4.18. The summed E-state index contributed by atoms with van der Waals surface area (Å²) >= 11 is 0. The fourth-order valence-corrected chi connectivity index (χ4v) is 1.89. The van der Waals surface area contributed by atoms with Crippen molar-refractivity contribution in [2.75, 3.05) is 10.6 Å². The highest BCUT2D eigenvalue weighted by Gasteiger charge is 2.01. The third-order valence-corrected chi connectivity index (χ3v) is 2.88. The molecule has 98 valence electrons. The van der Waals surface area contributed by atoms with Crippen LogP contribution in [-0.4, -0.2) is 5.91 Å². The van der Waals surface area contributed by atoms with E-state index in [9.17, 15) is 4.79 Å². The summed E-state index contributed by atoms with van der Waals surface area (Å²) in [7, 11) is 0. The summed E-state index contributed by atoms with van der Waals surface area (Å²) in [6, 6.07) is 16.1. The Hall–Kier alpha value is -2.29. The van der Waals surface area contributed by atoms with E-state index in [0.717, 1.165) is 23.5 Å². The second-order valence-electron chi connectivity index (χ2n) is 4.55. The fourth-order valence-electron chi connectivity index (χ4n) is 1.89. The SMILES string of the molecule is CC(=O)Nc1ccc(C)c(NCc2ccccc2)c1. The molecule has 0 atom stereocenters. The molecule has 3 nitrogen and oxygen atoms in total. The Morgan fingerprint density at radius 3 is 2.53 bits per heavy atom. The molecule has 0 unspecified atom stereocenters. The second kappa shape index (κ2) is 6.05. The quantitative estimate of drug-likeness (QED) is 0.875. The molecule has 0 saturated carbocycles. The van der Waals surface area contributed by atoms with Gasteiger partial charge in [0.25, 0.3) is 0 Å². The van der Waals surface area contributed by atoms with Gasteiger partial charge in [-0.3, -0.25) is 4.79 Å². The first-order valence-electron chi connectivity index (χ1n) is 6.31. The Morgan fingerprint density at radius 1 is 1.11 bits per heavy atom. The molecule has 3 heteroatoms. The molecule has 19 heavy (non-hydrogen) atoms. The molecule has 0 aliphatic carbocycles. The maximum Gasteiger partial charge on any atom is 0.221 e. The van der Waals surface area contributed by atoms with E-state index in [1.807, 2.05) is 43.3 Å². The van der Waals surface area contributed by atoms with Crippen molar-refractivity contribution in [2.24, 2.45) is 0 Å². The van der Waals surface area contributed by atoms with Crippen LogP contribution >= 0.6 is 0 Å².